The van der Waals surface area contributed by atoms with E-state index in [-0.39, 0.29) is 12.0 Å². The van der Waals surface area contributed by atoms with Gasteiger partial charge >= 0.3 is 6.09 Å². The van der Waals surface area contributed by atoms with Crippen LogP contribution in [0, 0.1) is 0 Å². The molecule has 1 spiro atoms. The summed E-state index contributed by atoms with van der Waals surface area (Å²) in [5.41, 5.74) is 1.12. The Kier molecular flexibility index (Phi) is 4.03. The Morgan fingerprint density at radius 1 is 1.12 bits per heavy atom. The highest BCUT2D eigenvalue weighted by atomic mass is 16.6. The second-order valence-corrected chi connectivity index (χ2v) is 7.00. The van der Waals surface area contributed by atoms with Crippen LogP contribution in [0.15, 0.2) is 24.3 Å². The van der Waals surface area contributed by atoms with Crippen LogP contribution in [0.3, 0.4) is 0 Å². The minimum atomic E-state index is -0.546. The Morgan fingerprint density at radius 3 is 2.60 bits per heavy atom. The summed E-state index contributed by atoms with van der Waals surface area (Å²) in [6.45, 7) is 4.54. The quantitative estimate of drug-likeness (QED) is 0.806. The van der Waals surface area contributed by atoms with Crippen molar-refractivity contribution >= 4 is 17.7 Å². The average Bonchev–Trinajstić information content (AvgIpc) is 3.17. The number of likely N-dealkylation sites (N-methyl/N-ethyl adjacent to an activating group) is 1. The highest BCUT2D eigenvalue weighted by molar-refractivity contribution is 6.00. The van der Waals surface area contributed by atoms with E-state index in [1.165, 1.54) is 0 Å². The number of carbonyl (C=O) groups is 2. The third-order valence-corrected chi connectivity index (χ3v) is 5.23. The first-order chi connectivity index (χ1) is 12.1. The molecular weight excluding hydrogens is 322 g/mol. The molecule has 3 aliphatic rings. The molecule has 7 nitrogen and oxygen atoms in total. The van der Waals surface area contributed by atoms with Gasteiger partial charge < -0.3 is 24.2 Å². The van der Waals surface area contributed by atoms with Crippen LogP contribution in [0.1, 0.15) is 16.8 Å². The fourth-order valence-electron chi connectivity index (χ4n) is 3.93. The Balaban J connectivity index is 1.53. The number of ether oxygens (including phenoxy) is 2. The molecule has 134 valence electrons. The maximum absolute atomic E-state index is 13.1. The van der Waals surface area contributed by atoms with E-state index in [2.05, 4.69) is 4.90 Å². The number of hydrogen-bond donors (Lipinski definition) is 0. The van der Waals surface area contributed by atoms with Crippen molar-refractivity contribution in [3.05, 3.63) is 29.8 Å². The number of amides is 2. The van der Waals surface area contributed by atoms with E-state index >= 15 is 0 Å². The molecule has 25 heavy (non-hydrogen) atoms. The van der Waals surface area contributed by atoms with Gasteiger partial charge in [0.15, 0.2) is 5.60 Å². The van der Waals surface area contributed by atoms with Crippen LogP contribution in [0.4, 0.5) is 10.5 Å². The van der Waals surface area contributed by atoms with Crippen molar-refractivity contribution in [3.8, 4) is 0 Å². The zero-order valence-corrected chi connectivity index (χ0v) is 14.4. The maximum Gasteiger partial charge on any atom is 0.410 e. The molecule has 3 heterocycles. The summed E-state index contributed by atoms with van der Waals surface area (Å²) in [5, 5.41) is 0. The van der Waals surface area contributed by atoms with Gasteiger partial charge in [0.05, 0.1) is 31.9 Å². The normalized spacial score (nSPS) is 26.4. The van der Waals surface area contributed by atoms with Crippen LogP contribution in [0.25, 0.3) is 0 Å². The van der Waals surface area contributed by atoms with Crippen molar-refractivity contribution < 1.29 is 19.1 Å². The molecule has 1 aromatic carbocycles. The third kappa shape index (κ3) is 2.93. The molecule has 0 N–H and O–H groups in total. The van der Waals surface area contributed by atoms with Crippen molar-refractivity contribution in [2.24, 2.45) is 0 Å². The number of para-hydroxylation sites is 1. The predicted octanol–water partition coefficient (Wildman–Crippen LogP) is 1.19. The van der Waals surface area contributed by atoms with Crippen LogP contribution in [-0.2, 0) is 9.47 Å². The minimum absolute atomic E-state index is 0.00423. The lowest BCUT2D eigenvalue weighted by Crippen LogP contribution is -2.40. The number of anilines is 1. The molecule has 3 aliphatic heterocycles. The molecule has 2 amide bonds. The summed E-state index contributed by atoms with van der Waals surface area (Å²) in [6, 6.07) is 7.73. The van der Waals surface area contributed by atoms with Crippen molar-refractivity contribution in [2.75, 3.05) is 57.9 Å². The van der Waals surface area contributed by atoms with Gasteiger partial charge in [0.25, 0.3) is 5.91 Å². The molecular formula is C18H23N3O4. The Labute approximate surface area is 147 Å². The van der Waals surface area contributed by atoms with E-state index < -0.39 is 5.60 Å². The lowest BCUT2D eigenvalue weighted by atomic mass is 10.0. The lowest BCUT2D eigenvalue weighted by molar-refractivity contribution is 0.0553. The van der Waals surface area contributed by atoms with Gasteiger partial charge in [-0.1, -0.05) is 12.1 Å². The molecule has 1 unspecified atom stereocenters. The van der Waals surface area contributed by atoms with E-state index in [0.29, 0.717) is 44.8 Å². The molecule has 4 rings (SSSR count). The van der Waals surface area contributed by atoms with E-state index in [4.69, 9.17) is 9.47 Å². The highest BCUT2D eigenvalue weighted by Gasteiger charge is 2.49. The highest BCUT2D eigenvalue weighted by Crippen LogP contribution is 2.33. The van der Waals surface area contributed by atoms with Gasteiger partial charge in [0.2, 0.25) is 0 Å². The molecule has 3 saturated heterocycles. The van der Waals surface area contributed by atoms with Gasteiger partial charge in [-0.2, -0.15) is 0 Å². The fourth-order valence-corrected chi connectivity index (χ4v) is 3.93. The van der Waals surface area contributed by atoms with Crippen LogP contribution in [0.5, 0.6) is 0 Å². The predicted molar refractivity (Wildman–Crippen MR) is 91.8 cm³/mol. The summed E-state index contributed by atoms with van der Waals surface area (Å²) in [6.07, 6.45) is 0.386. The smallest absolute Gasteiger partial charge is 0.410 e. The molecule has 0 radical (unpaired) electrons. The van der Waals surface area contributed by atoms with Gasteiger partial charge in [-0.3, -0.25) is 4.79 Å². The molecule has 1 atom stereocenters. The van der Waals surface area contributed by atoms with Crippen LogP contribution < -0.4 is 4.90 Å². The van der Waals surface area contributed by atoms with Gasteiger partial charge in [-0.05, 0) is 12.1 Å². The minimum Gasteiger partial charge on any atom is -0.439 e. The zero-order chi connectivity index (χ0) is 17.4. The standard InChI is InChI=1S/C18H23N3O4/c1-19-12-18(25-17(19)23)6-7-21(13-18)16(22)14-4-2-3-5-15(14)20-8-10-24-11-9-20/h2-5H,6-13H2,1H3. The summed E-state index contributed by atoms with van der Waals surface area (Å²) in [5.74, 6) is 0.00423. The third-order valence-electron chi connectivity index (χ3n) is 5.23. The van der Waals surface area contributed by atoms with E-state index in [9.17, 15) is 9.59 Å². The number of carbonyl (C=O) groups excluding carboxylic acids is 2. The second-order valence-electron chi connectivity index (χ2n) is 7.00. The van der Waals surface area contributed by atoms with E-state index in [1.54, 1.807) is 11.9 Å². The number of rotatable bonds is 2. The monoisotopic (exact) mass is 345 g/mol. The van der Waals surface area contributed by atoms with E-state index in [1.807, 2.05) is 29.2 Å². The van der Waals surface area contributed by atoms with Crippen molar-refractivity contribution in [1.82, 2.24) is 9.80 Å². The molecule has 0 aromatic heterocycles. The van der Waals surface area contributed by atoms with Crippen LogP contribution in [0.2, 0.25) is 0 Å². The summed E-state index contributed by atoms with van der Waals surface area (Å²) in [4.78, 5) is 30.4. The number of morpholine rings is 1. The number of hydrogen-bond acceptors (Lipinski definition) is 5. The first-order valence-electron chi connectivity index (χ1n) is 8.73. The molecule has 1 aromatic rings. The molecule has 7 heteroatoms. The molecule has 0 aliphatic carbocycles. The SMILES string of the molecule is CN1CC2(CCN(C(=O)c3ccccc3N3CCOCC3)C2)OC1=O. The Morgan fingerprint density at radius 2 is 1.88 bits per heavy atom. The van der Waals surface area contributed by atoms with Crippen molar-refractivity contribution in [1.29, 1.82) is 0 Å². The summed E-state index contributed by atoms with van der Waals surface area (Å²) < 4.78 is 11.0. The largest absolute Gasteiger partial charge is 0.439 e. The first-order valence-corrected chi connectivity index (χ1v) is 8.73. The van der Waals surface area contributed by atoms with Gasteiger partial charge in [-0.25, -0.2) is 4.79 Å². The van der Waals surface area contributed by atoms with Crippen molar-refractivity contribution in [2.45, 2.75) is 12.0 Å². The van der Waals surface area contributed by atoms with Gasteiger partial charge in [0.1, 0.15) is 0 Å². The van der Waals surface area contributed by atoms with Gasteiger partial charge in [0, 0.05) is 38.8 Å². The lowest BCUT2D eigenvalue weighted by Gasteiger charge is -2.31. The van der Waals surface area contributed by atoms with Crippen LogP contribution >= 0.6 is 0 Å². The first kappa shape index (κ1) is 16.2. The number of benzene rings is 1. The number of nitrogens with zero attached hydrogens (tertiary/aromatic N) is 3. The fraction of sp³-hybridized carbons (Fsp3) is 0.556. The summed E-state index contributed by atoms with van der Waals surface area (Å²) in [7, 11) is 1.73. The van der Waals surface area contributed by atoms with E-state index in [0.717, 1.165) is 18.8 Å². The average molecular weight is 345 g/mol. The Bertz CT molecular complexity index is 689. The van der Waals surface area contributed by atoms with Crippen LogP contribution in [-0.4, -0.2) is 80.4 Å². The molecule has 3 fully saturated rings. The van der Waals surface area contributed by atoms with Crippen molar-refractivity contribution in [3.63, 3.8) is 0 Å². The topological polar surface area (TPSA) is 62.3 Å². The zero-order valence-electron chi connectivity index (χ0n) is 14.4. The Hall–Kier alpha value is -2.28. The summed E-state index contributed by atoms with van der Waals surface area (Å²) >= 11 is 0. The second kappa shape index (κ2) is 6.22. The van der Waals surface area contributed by atoms with Gasteiger partial charge in [-0.15, -0.1) is 0 Å². The number of likely N-dealkylation sites (tertiary alicyclic amines) is 1. The molecule has 0 saturated carbocycles. The molecule has 0 bridgehead atoms. The maximum atomic E-state index is 13.1.